The molecular formula is C10H13Cl2N3O3S. The maximum absolute atomic E-state index is 12.0. The highest BCUT2D eigenvalue weighted by atomic mass is 35.5. The SMILES string of the molecule is CCCNC(=O)NS(=O)(=O)c1c(Cl)cc(N)cc1Cl. The van der Waals surface area contributed by atoms with Crippen LogP contribution in [0.5, 0.6) is 0 Å². The standard InChI is InChI=1S/C10H13Cl2N3O3S/c1-2-3-14-10(16)15-19(17,18)9-7(11)4-6(13)5-8(9)12/h4-5H,2-3,13H2,1H3,(H2,14,15,16). The van der Waals surface area contributed by atoms with Crippen LogP contribution >= 0.6 is 23.2 Å². The zero-order valence-electron chi connectivity index (χ0n) is 10.0. The maximum Gasteiger partial charge on any atom is 0.328 e. The number of carbonyl (C=O) groups is 1. The summed E-state index contributed by atoms with van der Waals surface area (Å²) >= 11 is 11.6. The smallest absolute Gasteiger partial charge is 0.328 e. The van der Waals surface area contributed by atoms with Gasteiger partial charge in [-0.2, -0.15) is 0 Å². The number of hydrogen-bond donors (Lipinski definition) is 3. The van der Waals surface area contributed by atoms with Crippen LogP contribution in [0.3, 0.4) is 0 Å². The first kappa shape index (κ1) is 15.9. The molecule has 6 nitrogen and oxygen atoms in total. The first-order valence-electron chi connectivity index (χ1n) is 5.33. The average Bonchev–Trinajstić information content (AvgIpc) is 2.23. The molecule has 0 unspecified atom stereocenters. The van der Waals surface area contributed by atoms with Gasteiger partial charge in [-0.1, -0.05) is 30.1 Å². The normalized spacial score (nSPS) is 11.1. The molecule has 0 atom stereocenters. The molecule has 106 valence electrons. The van der Waals surface area contributed by atoms with Gasteiger partial charge in [-0.05, 0) is 18.6 Å². The third-order valence-electron chi connectivity index (χ3n) is 2.05. The molecule has 0 saturated carbocycles. The lowest BCUT2D eigenvalue weighted by Crippen LogP contribution is -2.39. The van der Waals surface area contributed by atoms with Crippen molar-refractivity contribution in [2.45, 2.75) is 18.2 Å². The van der Waals surface area contributed by atoms with Crippen molar-refractivity contribution in [3.63, 3.8) is 0 Å². The van der Waals surface area contributed by atoms with Crippen molar-refractivity contribution < 1.29 is 13.2 Å². The van der Waals surface area contributed by atoms with Gasteiger partial charge in [0.25, 0.3) is 10.0 Å². The molecule has 0 fully saturated rings. The summed E-state index contributed by atoms with van der Waals surface area (Å²) in [5.74, 6) is 0. The van der Waals surface area contributed by atoms with Crippen LogP contribution in [-0.4, -0.2) is 21.0 Å². The molecule has 0 aromatic heterocycles. The van der Waals surface area contributed by atoms with Crippen molar-refractivity contribution >= 4 is 44.9 Å². The van der Waals surface area contributed by atoms with Crippen molar-refractivity contribution in [2.75, 3.05) is 12.3 Å². The zero-order chi connectivity index (χ0) is 14.6. The zero-order valence-corrected chi connectivity index (χ0v) is 12.4. The monoisotopic (exact) mass is 325 g/mol. The molecule has 4 N–H and O–H groups in total. The van der Waals surface area contributed by atoms with E-state index in [1.165, 1.54) is 12.1 Å². The van der Waals surface area contributed by atoms with E-state index in [0.29, 0.717) is 13.0 Å². The second-order valence-corrected chi connectivity index (χ2v) is 6.11. The second kappa shape index (κ2) is 6.31. The van der Waals surface area contributed by atoms with Crippen LogP contribution in [0.25, 0.3) is 0 Å². The Hall–Kier alpha value is -1.18. The van der Waals surface area contributed by atoms with Crippen LogP contribution < -0.4 is 15.8 Å². The van der Waals surface area contributed by atoms with Crippen LogP contribution in [0.15, 0.2) is 17.0 Å². The third-order valence-corrected chi connectivity index (χ3v) is 4.30. The van der Waals surface area contributed by atoms with E-state index in [9.17, 15) is 13.2 Å². The van der Waals surface area contributed by atoms with Crippen molar-refractivity contribution in [3.05, 3.63) is 22.2 Å². The Bertz CT molecular complexity index is 567. The number of hydrogen-bond acceptors (Lipinski definition) is 4. The lowest BCUT2D eigenvalue weighted by molar-refractivity contribution is 0.246. The summed E-state index contributed by atoms with van der Waals surface area (Å²) in [6, 6.07) is 1.64. The van der Waals surface area contributed by atoms with E-state index in [-0.39, 0.29) is 20.6 Å². The Labute approximate surface area is 121 Å². The number of nitrogen functional groups attached to an aromatic ring is 1. The highest BCUT2D eigenvalue weighted by Crippen LogP contribution is 2.31. The minimum Gasteiger partial charge on any atom is -0.399 e. The summed E-state index contributed by atoms with van der Waals surface area (Å²) in [7, 11) is -4.15. The van der Waals surface area contributed by atoms with Crippen LogP contribution in [0.2, 0.25) is 10.0 Å². The van der Waals surface area contributed by atoms with Crippen molar-refractivity contribution in [1.29, 1.82) is 0 Å². The lowest BCUT2D eigenvalue weighted by atomic mass is 10.3. The van der Waals surface area contributed by atoms with E-state index < -0.39 is 16.1 Å². The van der Waals surface area contributed by atoms with Gasteiger partial charge in [0.05, 0.1) is 10.0 Å². The highest BCUT2D eigenvalue weighted by Gasteiger charge is 2.24. The molecule has 0 saturated heterocycles. The molecule has 19 heavy (non-hydrogen) atoms. The quantitative estimate of drug-likeness (QED) is 0.736. The van der Waals surface area contributed by atoms with E-state index in [1.807, 2.05) is 11.6 Å². The molecule has 0 spiro atoms. The molecule has 0 radical (unpaired) electrons. The molecule has 0 aliphatic heterocycles. The van der Waals surface area contributed by atoms with Crippen molar-refractivity contribution in [2.24, 2.45) is 0 Å². The summed E-state index contributed by atoms with van der Waals surface area (Å²) < 4.78 is 25.8. The van der Waals surface area contributed by atoms with Gasteiger partial charge in [-0.25, -0.2) is 17.9 Å². The molecule has 0 bridgehead atoms. The molecule has 2 amide bonds. The number of urea groups is 1. The number of nitrogens with one attached hydrogen (secondary N) is 2. The first-order valence-corrected chi connectivity index (χ1v) is 7.57. The Balaban J connectivity index is 3.05. The molecule has 1 rings (SSSR count). The Morgan fingerprint density at radius 3 is 2.32 bits per heavy atom. The van der Waals surface area contributed by atoms with Crippen molar-refractivity contribution in [1.82, 2.24) is 10.0 Å². The summed E-state index contributed by atoms with van der Waals surface area (Å²) in [6.45, 7) is 2.19. The van der Waals surface area contributed by atoms with E-state index >= 15 is 0 Å². The van der Waals surface area contributed by atoms with E-state index in [2.05, 4.69) is 5.32 Å². The summed E-state index contributed by atoms with van der Waals surface area (Å²) in [4.78, 5) is 11.0. The average molecular weight is 326 g/mol. The van der Waals surface area contributed by atoms with Gasteiger partial charge in [0.15, 0.2) is 0 Å². The van der Waals surface area contributed by atoms with Crippen LogP contribution in [0.4, 0.5) is 10.5 Å². The molecule has 0 aliphatic carbocycles. The Morgan fingerprint density at radius 2 is 1.84 bits per heavy atom. The largest absolute Gasteiger partial charge is 0.399 e. The van der Waals surface area contributed by atoms with Gasteiger partial charge >= 0.3 is 6.03 Å². The lowest BCUT2D eigenvalue weighted by Gasteiger charge is -2.11. The minimum absolute atomic E-state index is 0.152. The van der Waals surface area contributed by atoms with E-state index in [0.717, 1.165) is 0 Å². The molecule has 0 heterocycles. The van der Waals surface area contributed by atoms with Gasteiger partial charge in [-0.15, -0.1) is 0 Å². The third kappa shape index (κ3) is 4.15. The number of nitrogens with two attached hydrogens (primary N) is 1. The number of rotatable bonds is 4. The predicted molar refractivity (Wildman–Crippen MR) is 74.9 cm³/mol. The van der Waals surface area contributed by atoms with E-state index in [1.54, 1.807) is 0 Å². The summed E-state index contributed by atoms with van der Waals surface area (Å²) in [6.07, 6.45) is 0.677. The Kier molecular flexibility index (Phi) is 5.28. The summed E-state index contributed by atoms with van der Waals surface area (Å²) in [5.41, 5.74) is 5.70. The van der Waals surface area contributed by atoms with E-state index in [4.69, 9.17) is 28.9 Å². The number of carbonyl (C=O) groups excluding carboxylic acids is 1. The second-order valence-electron chi connectivity index (χ2n) is 3.68. The number of anilines is 1. The topological polar surface area (TPSA) is 101 Å². The fourth-order valence-electron chi connectivity index (χ4n) is 1.28. The first-order chi connectivity index (χ1) is 8.77. The number of halogens is 2. The van der Waals surface area contributed by atoms with Crippen LogP contribution in [0, 0.1) is 0 Å². The molecular weight excluding hydrogens is 313 g/mol. The molecule has 1 aromatic rings. The molecule has 1 aromatic carbocycles. The van der Waals surface area contributed by atoms with Crippen LogP contribution in [0.1, 0.15) is 13.3 Å². The van der Waals surface area contributed by atoms with Gasteiger partial charge < -0.3 is 11.1 Å². The van der Waals surface area contributed by atoms with Gasteiger partial charge in [0, 0.05) is 12.2 Å². The number of benzene rings is 1. The number of amides is 2. The van der Waals surface area contributed by atoms with Gasteiger partial charge in [-0.3, -0.25) is 0 Å². The maximum atomic E-state index is 12.0. The van der Waals surface area contributed by atoms with Gasteiger partial charge in [0.1, 0.15) is 4.90 Å². The minimum atomic E-state index is -4.15. The fourth-order valence-corrected chi connectivity index (χ4v) is 3.45. The Morgan fingerprint density at radius 1 is 1.32 bits per heavy atom. The summed E-state index contributed by atoms with van der Waals surface area (Å²) in [5, 5.41) is 2.06. The number of sulfonamides is 1. The highest BCUT2D eigenvalue weighted by molar-refractivity contribution is 7.90. The molecule has 0 aliphatic rings. The van der Waals surface area contributed by atoms with Crippen molar-refractivity contribution in [3.8, 4) is 0 Å². The van der Waals surface area contributed by atoms with Crippen LogP contribution in [-0.2, 0) is 10.0 Å². The van der Waals surface area contributed by atoms with Gasteiger partial charge in [0.2, 0.25) is 0 Å². The predicted octanol–water partition coefficient (Wildman–Crippen LogP) is 1.97. The fraction of sp³-hybridized carbons (Fsp3) is 0.300. The molecule has 9 heteroatoms.